The summed E-state index contributed by atoms with van der Waals surface area (Å²) in [6, 6.07) is 0. The Balaban J connectivity index is 4.34. The van der Waals surface area contributed by atoms with E-state index in [1.54, 1.807) is 0 Å². The fourth-order valence-corrected chi connectivity index (χ4v) is 6.97. The van der Waals surface area contributed by atoms with Gasteiger partial charge in [-0.3, -0.25) is 14.2 Å². The topological polar surface area (TPSA) is 111 Å². The SMILES string of the molecule is CCCCCCCC/C=C/CCCCCCCC(=O)O[C@H](COC(=O)CCCCCCCCCCCCCCCCC)COP(=O)([O-])OCC[N+](C)(C)C. The lowest BCUT2D eigenvalue weighted by Crippen LogP contribution is -2.37. The van der Waals surface area contributed by atoms with Crippen molar-refractivity contribution in [3.05, 3.63) is 12.2 Å². The lowest BCUT2D eigenvalue weighted by Gasteiger charge is -2.28. The number of allylic oxidation sites excluding steroid dienone is 2. The van der Waals surface area contributed by atoms with Crippen molar-refractivity contribution in [1.82, 2.24) is 0 Å². The van der Waals surface area contributed by atoms with Crippen molar-refractivity contribution >= 4 is 19.8 Å². The van der Waals surface area contributed by atoms with Gasteiger partial charge in [-0.2, -0.15) is 0 Å². The molecule has 9 nitrogen and oxygen atoms in total. The first kappa shape index (κ1) is 52.8. The lowest BCUT2D eigenvalue weighted by atomic mass is 10.0. The molecule has 0 amide bonds. The Morgan fingerprint density at radius 2 is 0.944 bits per heavy atom. The van der Waals surface area contributed by atoms with Crippen LogP contribution in [0.15, 0.2) is 12.2 Å². The molecule has 0 spiro atoms. The second kappa shape index (κ2) is 37.3. The third kappa shape index (κ3) is 40.4. The van der Waals surface area contributed by atoms with Crippen molar-refractivity contribution in [1.29, 1.82) is 0 Å². The highest BCUT2D eigenvalue weighted by Crippen LogP contribution is 2.38. The van der Waals surface area contributed by atoms with Crippen molar-refractivity contribution in [2.75, 3.05) is 47.5 Å². The van der Waals surface area contributed by atoms with Gasteiger partial charge in [-0.05, 0) is 38.5 Å². The van der Waals surface area contributed by atoms with Gasteiger partial charge >= 0.3 is 11.9 Å². The molecule has 0 rings (SSSR count). The van der Waals surface area contributed by atoms with E-state index in [4.69, 9.17) is 18.5 Å². The molecule has 0 aliphatic heterocycles. The number of carbonyl (C=O) groups excluding carboxylic acids is 2. The summed E-state index contributed by atoms with van der Waals surface area (Å²) in [4.78, 5) is 37.5. The van der Waals surface area contributed by atoms with Gasteiger partial charge in [0.1, 0.15) is 19.8 Å². The van der Waals surface area contributed by atoms with E-state index in [0.717, 1.165) is 51.4 Å². The van der Waals surface area contributed by atoms with Gasteiger partial charge in [0.2, 0.25) is 0 Å². The molecule has 0 saturated carbocycles. The number of unbranched alkanes of at least 4 members (excludes halogenated alkanes) is 25. The standard InChI is InChI=1S/C44H86NO8P/c1-6-8-10-12-14-16-18-20-22-24-26-28-30-32-34-36-43(46)50-40-42(41-52-54(48,49)51-39-38-45(3,4)5)53-44(47)37-35-33-31-29-27-25-23-21-19-17-15-13-11-9-7-2/h21,23,42H,6-20,22,24-41H2,1-5H3/b23-21+/t42-/m1/s1. The molecule has 1 unspecified atom stereocenters. The summed E-state index contributed by atoms with van der Waals surface area (Å²) >= 11 is 0. The monoisotopic (exact) mass is 788 g/mol. The van der Waals surface area contributed by atoms with E-state index < -0.39 is 26.5 Å². The van der Waals surface area contributed by atoms with Crippen molar-refractivity contribution in [3.8, 4) is 0 Å². The predicted octanol–water partition coefficient (Wildman–Crippen LogP) is 11.9. The smallest absolute Gasteiger partial charge is 0.306 e. The summed E-state index contributed by atoms with van der Waals surface area (Å²) in [7, 11) is 1.17. The van der Waals surface area contributed by atoms with E-state index in [1.807, 2.05) is 21.1 Å². The van der Waals surface area contributed by atoms with Gasteiger partial charge < -0.3 is 27.9 Å². The van der Waals surface area contributed by atoms with Crippen LogP contribution in [0.5, 0.6) is 0 Å². The minimum Gasteiger partial charge on any atom is -0.756 e. The number of hydrogen-bond donors (Lipinski definition) is 0. The van der Waals surface area contributed by atoms with Crippen molar-refractivity contribution in [3.63, 3.8) is 0 Å². The van der Waals surface area contributed by atoms with Gasteiger partial charge in [0.15, 0.2) is 6.10 Å². The Kier molecular flexibility index (Phi) is 36.5. The van der Waals surface area contributed by atoms with E-state index in [-0.39, 0.29) is 32.0 Å². The molecule has 0 aromatic heterocycles. The van der Waals surface area contributed by atoms with Gasteiger partial charge in [0.05, 0.1) is 27.7 Å². The molecule has 0 N–H and O–H groups in total. The zero-order chi connectivity index (χ0) is 40.0. The number of likely N-dealkylation sites (N-methyl/N-ethyl adjacent to an activating group) is 1. The first-order valence-corrected chi connectivity index (χ1v) is 23.9. The number of hydrogen-bond acceptors (Lipinski definition) is 8. The molecule has 2 atom stereocenters. The highest BCUT2D eigenvalue weighted by Gasteiger charge is 2.21. The third-order valence-corrected chi connectivity index (χ3v) is 10.7. The minimum absolute atomic E-state index is 0.0293. The van der Waals surface area contributed by atoms with Crippen LogP contribution < -0.4 is 4.89 Å². The number of esters is 2. The van der Waals surface area contributed by atoms with Crippen LogP contribution >= 0.6 is 7.82 Å². The summed E-state index contributed by atoms with van der Waals surface area (Å²) in [6.45, 7) is 4.23. The molecular weight excluding hydrogens is 701 g/mol. The molecule has 320 valence electrons. The number of ether oxygens (including phenoxy) is 2. The summed E-state index contributed by atoms with van der Waals surface area (Å²) in [5.41, 5.74) is 0. The van der Waals surface area contributed by atoms with E-state index >= 15 is 0 Å². The molecule has 0 saturated heterocycles. The van der Waals surface area contributed by atoms with E-state index in [0.29, 0.717) is 17.4 Å². The molecule has 0 bridgehead atoms. The molecule has 54 heavy (non-hydrogen) atoms. The average Bonchev–Trinajstić information content (AvgIpc) is 3.12. The van der Waals surface area contributed by atoms with Crippen LogP contribution in [0.4, 0.5) is 0 Å². The second-order valence-electron chi connectivity index (χ2n) is 16.4. The molecule has 0 aliphatic rings. The summed E-state index contributed by atoms with van der Waals surface area (Å²) in [5, 5.41) is 0. The maximum Gasteiger partial charge on any atom is 0.306 e. The van der Waals surface area contributed by atoms with Crippen LogP contribution in [0.25, 0.3) is 0 Å². The van der Waals surface area contributed by atoms with Crippen molar-refractivity contribution in [2.24, 2.45) is 0 Å². The molecule has 0 aromatic carbocycles. The van der Waals surface area contributed by atoms with E-state index in [2.05, 4.69) is 26.0 Å². The molecule has 0 aromatic rings. The second-order valence-corrected chi connectivity index (χ2v) is 17.8. The number of phosphoric ester groups is 1. The quantitative estimate of drug-likeness (QED) is 0.0198. The molecular formula is C44H86NO8P. The van der Waals surface area contributed by atoms with Crippen LogP contribution in [-0.4, -0.2) is 70.0 Å². The fourth-order valence-electron chi connectivity index (χ4n) is 6.24. The highest BCUT2D eigenvalue weighted by molar-refractivity contribution is 7.45. The molecule has 0 radical (unpaired) electrons. The van der Waals surface area contributed by atoms with Crippen LogP contribution in [0, 0.1) is 0 Å². The normalized spacial score (nSPS) is 13.7. The number of carbonyl (C=O) groups is 2. The third-order valence-electron chi connectivity index (χ3n) is 9.79. The van der Waals surface area contributed by atoms with Crippen LogP contribution in [0.2, 0.25) is 0 Å². The number of rotatable bonds is 41. The maximum absolute atomic E-state index is 12.7. The first-order valence-electron chi connectivity index (χ1n) is 22.4. The summed E-state index contributed by atoms with van der Waals surface area (Å²) < 4.78 is 33.9. The van der Waals surface area contributed by atoms with E-state index in [9.17, 15) is 19.0 Å². The van der Waals surface area contributed by atoms with Crippen LogP contribution in [0.1, 0.15) is 206 Å². The number of quaternary nitrogens is 1. The Bertz CT molecular complexity index is 938. The summed E-state index contributed by atoms with van der Waals surface area (Å²) in [6.07, 6.45) is 38.0. The maximum atomic E-state index is 12.7. The average molecular weight is 788 g/mol. The Labute approximate surface area is 333 Å². The van der Waals surface area contributed by atoms with Gasteiger partial charge in [0.25, 0.3) is 7.82 Å². The Hall–Kier alpha value is -1.25. The summed E-state index contributed by atoms with van der Waals surface area (Å²) in [5.74, 6) is -0.834. The van der Waals surface area contributed by atoms with E-state index in [1.165, 1.54) is 122 Å². The molecule has 0 aliphatic carbocycles. The number of nitrogens with zero attached hydrogens (tertiary/aromatic N) is 1. The zero-order valence-electron chi connectivity index (χ0n) is 35.9. The van der Waals surface area contributed by atoms with Gasteiger partial charge in [-0.1, -0.05) is 167 Å². The first-order chi connectivity index (χ1) is 26.0. The molecule has 0 heterocycles. The minimum atomic E-state index is -4.62. The Morgan fingerprint density at radius 1 is 0.556 bits per heavy atom. The molecule has 10 heteroatoms. The van der Waals surface area contributed by atoms with Crippen molar-refractivity contribution in [2.45, 2.75) is 213 Å². The fraction of sp³-hybridized carbons (Fsp3) is 0.909. The van der Waals surface area contributed by atoms with Gasteiger partial charge in [-0.25, -0.2) is 0 Å². The van der Waals surface area contributed by atoms with Crippen LogP contribution in [0.3, 0.4) is 0 Å². The number of phosphoric acid groups is 1. The van der Waals surface area contributed by atoms with Gasteiger partial charge in [0, 0.05) is 12.8 Å². The van der Waals surface area contributed by atoms with Crippen molar-refractivity contribution < 1.29 is 42.1 Å². The lowest BCUT2D eigenvalue weighted by molar-refractivity contribution is -0.870. The van der Waals surface area contributed by atoms with Crippen LogP contribution in [-0.2, 0) is 32.7 Å². The Morgan fingerprint density at radius 3 is 1.37 bits per heavy atom. The molecule has 0 fully saturated rings. The zero-order valence-corrected chi connectivity index (χ0v) is 36.8. The predicted molar refractivity (Wildman–Crippen MR) is 222 cm³/mol. The highest BCUT2D eigenvalue weighted by atomic mass is 31.2. The largest absolute Gasteiger partial charge is 0.756 e. The van der Waals surface area contributed by atoms with Gasteiger partial charge in [-0.15, -0.1) is 0 Å².